The third kappa shape index (κ3) is 4.97. The normalized spacial score (nSPS) is 15.5. The second kappa shape index (κ2) is 8.41. The number of carbonyl (C=O) groups excluding carboxylic acids is 1. The van der Waals surface area contributed by atoms with Crippen molar-refractivity contribution in [2.75, 3.05) is 42.9 Å². The van der Waals surface area contributed by atoms with Crippen LogP contribution < -0.4 is 10.2 Å². The Morgan fingerprint density at radius 3 is 2.46 bits per heavy atom. The Balaban J connectivity index is 1.54. The van der Waals surface area contributed by atoms with E-state index in [-0.39, 0.29) is 12.5 Å². The summed E-state index contributed by atoms with van der Waals surface area (Å²) in [5, 5.41) is 3.45. The van der Waals surface area contributed by atoms with Crippen molar-refractivity contribution >= 4 is 28.9 Å². The number of hydrogen-bond acceptors (Lipinski definition) is 3. The molecule has 4 nitrogen and oxygen atoms in total. The fourth-order valence-electron chi connectivity index (χ4n) is 3.18. The van der Waals surface area contributed by atoms with Crippen molar-refractivity contribution in [3.8, 4) is 0 Å². The van der Waals surface area contributed by atoms with Crippen molar-refractivity contribution in [2.45, 2.75) is 13.1 Å². The molecule has 1 saturated heterocycles. The molecule has 0 bridgehead atoms. The van der Waals surface area contributed by atoms with Gasteiger partial charge in [-0.3, -0.25) is 9.69 Å². The Morgan fingerprint density at radius 2 is 1.79 bits per heavy atom. The Kier molecular flexibility index (Phi) is 6.15. The summed E-state index contributed by atoms with van der Waals surface area (Å²) in [6.45, 7) is 4.38. The highest BCUT2D eigenvalue weighted by molar-refractivity contribution is 6.31. The maximum Gasteiger partial charge on any atom is 0.416 e. The van der Waals surface area contributed by atoms with E-state index in [0.29, 0.717) is 42.6 Å². The van der Waals surface area contributed by atoms with Gasteiger partial charge < -0.3 is 10.2 Å². The number of piperazine rings is 1. The maximum atomic E-state index is 12.9. The smallest absolute Gasteiger partial charge is 0.369 e. The number of alkyl halides is 3. The molecule has 1 aliphatic rings. The quantitative estimate of drug-likeness (QED) is 0.808. The standard InChI is InChI=1S/C20H21ClF3N3O/c1-14-17(21)6-3-7-18(14)25-19(28)13-26-8-10-27(11-9-26)16-5-2-4-15(12-16)20(22,23)24/h2-7,12H,8-11,13H2,1H3,(H,25,28). The van der Waals surface area contributed by atoms with Crippen LogP contribution in [0.2, 0.25) is 5.02 Å². The largest absolute Gasteiger partial charge is 0.416 e. The van der Waals surface area contributed by atoms with E-state index >= 15 is 0 Å². The highest BCUT2D eigenvalue weighted by Crippen LogP contribution is 2.32. The fraction of sp³-hybridized carbons (Fsp3) is 0.350. The number of hydrogen-bond donors (Lipinski definition) is 1. The average Bonchev–Trinajstić information content (AvgIpc) is 2.65. The summed E-state index contributed by atoms with van der Waals surface area (Å²) in [4.78, 5) is 16.2. The van der Waals surface area contributed by atoms with Crippen LogP contribution in [0.4, 0.5) is 24.5 Å². The number of nitrogens with zero attached hydrogens (tertiary/aromatic N) is 2. The Labute approximate surface area is 166 Å². The summed E-state index contributed by atoms with van der Waals surface area (Å²) < 4.78 is 38.7. The zero-order chi connectivity index (χ0) is 20.3. The molecule has 0 unspecified atom stereocenters. The van der Waals surface area contributed by atoms with Gasteiger partial charge in [0, 0.05) is 42.6 Å². The summed E-state index contributed by atoms with van der Waals surface area (Å²) in [6.07, 6.45) is -4.35. The van der Waals surface area contributed by atoms with Crippen molar-refractivity contribution in [2.24, 2.45) is 0 Å². The SMILES string of the molecule is Cc1c(Cl)cccc1NC(=O)CN1CCN(c2cccc(C(F)(F)F)c2)CC1. The first kappa shape index (κ1) is 20.5. The molecule has 1 amide bonds. The van der Waals surface area contributed by atoms with E-state index in [0.717, 1.165) is 11.6 Å². The Bertz CT molecular complexity index is 849. The molecule has 1 N–H and O–H groups in total. The van der Waals surface area contributed by atoms with Crippen molar-refractivity contribution in [1.82, 2.24) is 4.90 Å². The van der Waals surface area contributed by atoms with E-state index in [1.165, 1.54) is 12.1 Å². The molecule has 0 radical (unpaired) electrons. The van der Waals surface area contributed by atoms with Crippen LogP contribution in [0.5, 0.6) is 0 Å². The first-order valence-electron chi connectivity index (χ1n) is 8.93. The molecule has 0 atom stereocenters. The molecular weight excluding hydrogens is 391 g/mol. The van der Waals surface area contributed by atoms with Gasteiger partial charge in [-0.2, -0.15) is 13.2 Å². The molecule has 1 aliphatic heterocycles. The van der Waals surface area contributed by atoms with E-state index in [9.17, 15) is 18.0 Å². The molecule has 150 valence electrons. The van der Waals surface area contributed by atoms with Crippen molar-refractivity contribution < 1.29 is 18.0 Å². The predicted molar refractivity (Wildman–Crippen MR) is 105 cm³/mol. The molecule has 1 heterocycles. The number of rotatable bonds is 4. The monoisotopic (exact) mass is 411 g/mol. The second-order valence-corrected chi connectivity index (χ2v) is 7.18. The number of amides is 1. The van der Waals surface area contributed by atoms with E-state index in [1.54, 1.807) is 24.3 Å². The lowest BCUT2D eigenvalue weighted by Gasteiger charge is -2.36. The van der Waals surface area contributed by atoms with Crippen LogP contribution in [-0.4, -0.2) is 43.5 Å². The molecule has 2 aromatic rings. The molecule has 0 saturated carbocycles. The van der Waals surface area contributed by atoms with Crippen LogP contribution in [0, 0.1) is 6.92 Å². The third-order valence-electron chi connectivity index (χ3n) is 4.82. The lowest BCUT2D eigenvalue weighted by atomic mass is 10.1. The average molecular weight is 412 g/mol. The van der Waals surface area contributed by atoms with Crippen LogP contribution in [0.3, 0.4) is 0 Å². The first-order chi connectivity index (χ1) is 13.2. The maximum absolute atomic E-state index is 12.9. The van der Waals surface area contributed by atoms with Gasteiger partial charge in [0.15, 0.2) is 0 Å². The summed E-state index contributed by atoms with van der Waals surface area (Å²) in [7, 11) is 0. The molecule has 0 spiro atoms. The molecule has 8 heteroatoms. The van der Waals surface area contributed by atoms with Gasteiger partial charge in [-0.15, -0.1) is 0 Å². The van der Waals surface area contributed by atoms with Gasteiger partial charge in [0.2, 0.25) is 5.91 Å². The van der Waals surface area contributed by atoms with E-state index < -0.39 is 11.7 Å². The van der Waals surface area contributed by atoms with Gasteiger partial charge in [0.05, 0.1) is 12.1 Å². The Morgan fingerprint density at radius 1 is 1.11 bits per heavy atom. The highest BCUT2D eigenvalue weighted by atomic mass is 35.5. The van der Waals surface area contributed by atoms with Crippen LogP contribution >= 0.6 is 11.6 Å². The molecule has 1 fully saturated rings. The first-order valence-corrected chi connectivity index (χ1v) is 9.31. The van der Waals surface area contributed by atoms with Gasteiger partial charge >= 0.3 is 6.18 Å². The van der Waals surface area contributed by atoms with Crippen LogP contribution in [0.25, 0.3) is 0 Å². The van der Waals surface area contributed by atoms with Gasteiger partial charge in [-0.25, -0.2) is 0 Å². The van der Waals surface area contributed by atoms with Gasteiger partial charge in [-0.1, -0.05) is 23.7 Å². The summed E-state index contributed by atoms with van der Waals surface area (Å²) in [6, 6.07) is 10.7. The topological polar surface area (TPSA) is 35.6 Å². The van der Waals surface area contributed by atoms with Crippen molar-refractivity contribution in [3.05, 3.63) is 58.6 Å². The third-order valence-corrected chi connectivity index (χ3v) is 5.23. The zero-order valence-corrected chi connectivity index (χ0v) is 16.1. The number of nitrogens with one attached hydrogen (secondary N) is 1. The Hall–Kier alpha value is -2.25. The molecule has 0 aliphatic carbocycles. The zero-order valence-electron chi connectivity index (χ0n) is 15.4. The van der Waals surface area contributed by atoms with Gasteiger partial charge in [0.25, 0.3) is 0 Å². The summed E-state index contributed by atoms with van der Waals surface area (Å²) in [5.74, 6) is -0.141. The second-order valence-electron chi connectivity index (χ2n) is 6.77. The minimum Gasteiger partial charge on any atom is -0.369 e. The number of anilines is 2. The van der Waals surface area contributed by atoms with Crippen LogP contribution in [0.15, 0.2) is 42.5 Å². The summed E-state index contributed by atoms with van der Waals surface area (Å²) >= 11 is 6.07. The lowest BCUT2D eigenvalue weighted by molar-refractivity contribution is -0.137. The van der Waals surface area contributed by atoms with Crippen molar-refractivity contribution in [1.29, 1.82) is 0 Å². The number of benzene rings is 2. The van der Waals surface area contributed by atoms with E-state index in [4.69, 9.17) is 11.6 Å². The molecule has 28 heavy (non-hydrogen) atoms. The van der Waals surface area contributed by atoms with E-state index in [1.807, 2.05) is 16.7 Å². The fourth-order valence-corrected chi connectivity index (χ4v) is 3.35. The van der Waals surface area contributed by atoms with Crippen molar-refractivity contribution in [3.63, 3.8) is 0 Å². The number of halogens is 4. The number of carbonyl (C=O) groups is 1. The van der Waals surface area contributed by atoms with Gasteiger partial charge in [0.1, 0.15) is 0 Å². The minimum absolute atomic E-state index is 0.141. The molecular formula is C20H21ClF3N3O. The van der Waals surface area contributed by atoms with E-state index in [2.05, 4.69) is 5.32 Å². The predicted octanol–water partition coefficient (Wildman–Crippen LogP) is 4.43. The molecule has 2 aromatic carbocycles. The minimum atomic E-state index is -4.35. The van der Waals surface area contributed by atoms with Gasteiger partial charge in [-0.05, 0) is 42.8 Å². The molecule has 3 rings (SSSR count). The van der Waals surface area contributed by atoms with Crippen LogP contribution in [0.1, 0.15) is 11.1 Å². The lowest BCUT2D eigenvalue weighted by Crippen LogP contribution is -2.48. The highest BCUT2D eigenvalue weighted by Gasteiger charge is 2.31. The van der Waals surface area contributed by atoms with Crippen LogP contribution in [-0.2, 0) is 11.0 Å². The summed E-state index contributed by atoms with van der Waals surface area (Å²) in [5.41, 5.74) is 1.39. The molecule has 0 aromatic heterocycles.